The van der Waals surface area contributed by atoms with Crippen LogP contribution in [-0.2, 0) is 9.59 Å². The summed E-state index contributed by atoms with van der Waals surface area (Å²) in [6.07, 6.45) is 0.926. The van der Waals surface area contributed by atoms with Gasteiger partial charge in [0.05, 0.1) is 5.92 Å². The van der Waals surface area contributed by atoms with Gasteiger partial charge in [0, 0.05) is 25.3 Å². The molecule has 0 aromatic heterocycles. The summed E-state index contributed by atoms with van der Waals surface area (Å²) in [5.74, 6) is 0.765. The molecule has 15 heavy (non-hydrogen) atoms. The number of carbonyl (C=O) groups excluding carboxylic acids is 1. The standard InChI is InChI=1S/C10H17NO3S/c1-7(10(13)14)5-11(2)9(12)8-3-4-15-6-8/h7-8H,3-6H2,1-2H3,(H,13,14). The van der Waals surface area contributed by atoms with Crippen molar-refractivity contribution < 1.29 is 14.7 Å². The monoisotopic (exact) mass is 231 g/mol. The molecule has 0 aliphatic carbocycles. The quantitative estimate of drug-likeness (QED) is 0.781. The van der Waals surface area contributed by atoms with Crippen molar-refractivity contribution in [3.05, 3.63) is 0 Å². The molecule has 0 spiro atoms. The predicted octanol–water partition coefficient (Wildman–Crippen LogP) is 0.919. The van der Waals surface area contributed by atoms with Gasteiger partial charge in [0.2, 0.25) is 5.91 Å². The van der Waals surface area contributed by atoms with Gasteiger partial charge in [-0.25, -0.2) is 0 Å². The number of aliphatic carboxylic acids is 1. The Morgan fingerprint density at radius 2 is 2.27 bits per heavy atom. The maximum atomic E-state index is 11.8. The summed E-state index contributed by atoms with van der Waals surface area (Å²) in [4.78, 5) is 24.0. The van der Waals surface area contributed by atoms with E-state index in [1.54, 1.807) is 30.6 Å². The van der Waals surface area contributed by atoms with Crippen molar-refractivity contribution in [1.82, 2.24) is 4.90 Å². The Hall–Kier alpha value is -0.710. The second-order valence-electron chi connectivity index (χ2n) is 4.02. The zero-order valence-corrected chi connectivity index (χ0v) is 9.92. The highest BCUT2D eigenvalue weighted by molar-refractivity contribution is 7.99. The summed E-state index contributed by atoms with van der Waals surface area (Å²) in [7, 11) is 1.69. The Bertz CT molecular complexity index is 251. The number of rotatable bonds is 4. The SMILES string of the molecule is CC(CN(C)C(=O)C1CCSC1)C(=O)O. The Morgan fingerprint density at radius 3 is 2.73 bits per heavy atom. The van der Waals surface area contributed by atoms with E-state index in [-0.39, 0.29) is 11.8 Å². The number of nitrogens with zero attached hydrogens (tertiary/aromatic N) is 1. The molecule has 1 fully saturated rings. The van der Waals surface area contributed by atoms with Crippen LogP contribution in [-0.4, -0.2) is 47.0 Å². The Kier molecular flexibility index (Phi) is 4.45. The normalized spacial score (nSPS) is 22.4. The van der Waals surface area contributed by atoms with Gasteiger partial charge >= 0.3 is 5.97 Å². The molecule has 5 heteroatoms. The molecule has 0 aromatic carbocycles. The number of carboxylic acid groups (broad SMARTS) is 1. The number of carbonyl (C=O) groups is 2. The Morgan fingerprint density at radius 1 is 1.60 bits per heavy atom. The molecule has 0 aromatic rings. The Labute approximate surface area is 94.0 Å². The van der Waals surface area contributed by atoms with Crippen molar-refractivity contribution in [3.63, 3.8) is 0 Å². The lowest BCUT2D eigenvalue weighted by Gasteiger charge is -2.22. The van der Waals surface area contributed by atoms with Crippen molar-refractivity contribution in [2.24, 2.45) is 11.8 Å². The van der Waals surface area contributed by atoms with Crippen molar-refractivity contribution in [1.29, 1.82) is 0 Å². The summed E-state index contributed by atoms with van der Waals surface area (Å²) in [5, 5.41) is 8.74. The lowest BCUT2D eigenvalue weighted by molar-refractivity contribution is -0.143. The van der Waals surface area contributed by atoms with Crippen LogP contribution in [0, 0.1) is 11.8 Å². The van der Waals surface area contributed by atoms with E-state index in [0.29, 0.717) is 6.54 Å². The summed E-state index contributed by atoms with van der Waals surface area (Å²) >= 11 is 1.79. The van der Waals surface area contributed by atoms with Crippen LogP contribution in [0.15, 0.2) is 0 Å². The van der Waals surface area contributed by atoms with Crippen molar-refractivity contribution in [2.45, 2.75) is 13.3 Å². The average molecular weight is 231 g/mol. The first-order chi connectivity index (χ1) is 7.02. The van der Waals surface area contributed by atoms with Gasteiger partial charge in [-0.15, -0.1) is 0 Å². The summed E-state index contributed by atoms with van der Waals surface area (Å²) in [6, 6.07) is 0. The second kappa shape index (κ2) is 5.39. The number of amides is 1. The predicted molar refractivity (Wildman–Crippen MR) is 59.9 cm³/mol. The highest BCUT2D eigenvalue weighted by atomic mass is 32.2. The van der Waals surface area contributed by atoms with E-state index < -0.39 is 11.9 Å². The molecule has 4 nitrogen and oxygen atoms in total. The average Bonchev–Trinajstić information content (AvgIpc) is 2.68. The summed E-state index contributed by atoms with van der Waals surface area (Å²) in [6.45, 7) is 1.92. The molecule has 0 radical (unpaired) electrons. The molecule has 1 amide bonds. The fourth-order valence-corrected chi connectivity index (χ4v) is 2.83. The minimum absolute atomic E-state index is 0.0908. The first-order valence-corrected chi connectivity index (χ1v) is 6.23. The number of thioether (sulfide) groups is 1. The van der Waals surface area contributed by atoms with Gasteiger partial charge in [-0.2, -0.15) is 11.8 Å². The number of hydrogen-bond donors (Lipinski definition) is 1. The fraction of sp³-hybridized carbons (Fsp3) is 0.800. The molecule has 1 aliphatic rings. The maximum Gasteiger partial charge on any atom is 0.308 e. The van der Waals surface area contributed by atoms with Crippen molar-refractivity contribution in [2.75, 3.05) is 25.1 Å². The lowest BCUT2D eigenvalue weighted by atomic mass is 10.1. The number of carboxylic acids is 1. The molecule has 0 bridgehead atoms. The van der Waals surface area contributed by atoms with E-state index in [9.17, 15) is 9.59 Å². The van der Waals surface area contributed by atoms with Crippen LogP contribution in [0.4, 0.5) is 0 Å². The number of hydrogen-bond acceptors (Lipinski definition) is 3. The van der Waals surface area contributed by atoms with Crippen LogP contribution in [0.2, 0.25) is 0 Å². The topological polar surface area (TPSA) is 57.6 Å². The van der Waals surface area contributed by atoms with Crippen LogP contribution < -0.4 is 0 Å². The largest absolute Gasteiger partial charge is 0.481 e. The molecule has 86 valence electrons. The lowest BCUT2D eigenvalue weighted by Crippen LogP contribution is -2.37. The first kappa shape index (κ1) is 12.4. The summed E-state index contributed by atoms with van der Waals surface area (Å²) < 4.78 is 0. The minimum atomic E-state index is -0.851. The minimum Gasteiger partial charge on any atom is -0.481 e. The molecule has 2 atom stereocenters. The molecular formula is C10H17NO3S. The maximum absolute atomic E-state index is 11.8. The molecule has 1 rings (SSSR count). The zero-order valence-electron chi connectivity index (χ0n) is 9.10. The smallest absolute Gasteiger partial charge is 0.308 e. The fourth-order valence-electron chi connectivity index (χ4n) is 1.62. The van der Waals surface area contributed by atoms with Crippen LogP contribution >= 0.6 is 11.8 Å². The van der Waals surface area contributed by atoms with Crippen LogP contribution in [0.25, 0.3) is 0 Å². The van der Waals surface area contributed by atoms with Crippen molar-refractivity contribution in [3.8, 4) is 0 Å². The van der Waals surface area contributed by atoms with E-state index in [4.69, 9.17) is 5.11 Å². The molecular weight excluding hydrogens is 214 g/mol. The summed E-state index contributed by atoms with van der Waals surface area (Å²) in [5.41, 5.74) is 0. The van der Waals surface area contributed by atoms with Gasteiger partial charge in [-0.3, -0.25) is 9.59 Å². The second-order valence-corrected chi connectivity index (χ2v) is 5.17. The van der Waals surface area contributed by atoms with Gasteiger partial charge in [0.15, 0.2) is 0 Å². The molecule has 1 heterocycles. The molecule has 1 saturated heterocycles. The van der Waals surface area contributed by atoms with E-state index in [1.165, 1.54) is 0 Å². The molecule has 1 aliphatic heterocycles. The van der Waals surface area contributed by atoms with Gasteiger partial charge in [0.1, 0.15) is 0 Å². The molecule has 1 N–H and O–H groups in total. The van der Waals surface area contributed by atoms with Gasteiger partial charge < -0.3 is 10.0 Å². The first-order valence-electron chi connectivity index (χ1n) is 5.08. The van der Waals surface area contributed by atoms with Gasteiger partial charge in [-0.05, 0) is 12.2 Å². The van der Waals surface area contributed by atoms with Crippen molar-refractivity contribution >= 4 is 23.6 Å². The van der Waals surface area contributed by atoms with Gasteiger partial charge in [-0.1, -0.05) is 6.92 Å². The van der Waals surface area contributed by atoms with Crippen LogP contribution in [0.1, 0.15) is 13.3 Å². The zero-order chi connectivity index (χ0) is 11.4. The molecule has 0 saturated carbocycles. The van der Waals surface area contributed by atoms with Crippen LogP contribution in [0.3, 0.4) is 0 Å². The Balaban J connectivity index is 2.41. The van der Waals surface area contributed by atoms with E-state index >= 15 is 0 Å². The van der Waals surface area contributed by atoms with E-state index in [1.807, 2.05) is 0 Å². The highest BCUT2D eigenvalue weighted by Crippen LogP contribution is 2.24. The third-order valence-corrected chi connectivity index (χ3v) is 3.79. The third-order valence-electron chi connectivity index (χ3n) is 2.62. The molecule has 2 unspecified atom stereocenters. The van der Waals surface area contributed by atoms with Crippen LogP contribution in [0.5, 0.6) is 0 Å². The van der Waals surface area contributed by atoms with E-state index in [0.717, 1.165) is 17.9 Å². The van der Waals surface area contributed by atoms with Gasteiger partial charge in [0.25, 0.3) is 0 Å². The highest BCUT2D eigenvalue weighted by Gasteiger charge is 2.27. The van der Waals surface area contributed by atoms with E-state index in [2.05, 4.69) is 0 Å². The third kappa shape index (κ3) is 3.41.